The number of rotatable bonds is 8. The second-order valence-corrected chi connectivity index (χ2v) is 3.94. The van der Waals surface area contributed by atoms with E-state index in [-0.39, 0.29) is 0 Å². The first-order valence-corrected chi connectivity index (χ1v) is 5.89. The number of unbranched alkanes of at least 4 members (excludes halogenated alkanes) is 1. The summed E-state index contributed by atoms with van der Waals surface area (Å²) in [6.45, 7) is 2.70. The molecule has 0 fully saturated rings. The highest BCUT2D eigenvalue weighted by Gasteiger charge is 2.01. The van der Waals surface area contributed by atoms with Crippen LogP contribution in [0.15, 0.2) is 18.3 Å². The highest BCUT2D eigenvalue weighted by atomic mass is 16.6. The number of aromatic amines is 1. The molecule has 0 amide bonds. The van der Waals surface area contributed by atoms with Gasteiger partial charge in [-0.15, -0.1) is 0 Å². The SMILES string of the molecule is CNC(=C[N+](=O)[O-])NCCCCc1nc[nH]c1C. The lowest BCUT2D eigenvalue weighted by Gasteiger charge is -2.07. The molecular weight excluding hydrogens is 234 g/mol. The monoisotopic (exact) mass is 253 g/mol. The highest BCUT2D eigenvalue weighted by molar-refractivity contribution is 5.08. The van der Waals surface area contributed by atoms with Gasteiger partial charge in [0, 0.05) is 19.3 Å². The molecule has 1 aromatic rings. The Balaban J connectivity index is 2.19. The van der Waals surface area contributed by atoms with Gasteiger partial charge in [0.1, 0.15) is 0 Å². The Kier molecular flexibility index (Phi) is 5.69. The number of hydrogen-bond acceptors (Lipinski definition) is 5. The quantitative estimate of drug-likeness (QED) is 0.364. The summed E-state index contributed by atoms with van der Waals surface area (Å²) >= 11 is 0. The molecule has 0 aliphatic rings. The first kappa shape index (κ1) is 14.0. The summed E-state index contributed by atoms with van der Waals surface area (Å²) < 4.78 is 0. The van der Waals surface area contributed by atoms with E-state index in [2.05, 4.69) is 20.6 Å². The number of nitrogens with zero attached hydrogens (tertiary/aromatic N) is 2. The van der Waals surface area contributed by atoms with E-state index < -0.39 is 4.92 Å². The van der Waals surface area contributed by atoms with Crippen LogP contribution in [-0.4, -0.2) is 28.5 Å². The molecule has 0 aromatic carbocycles. The fourth-order valence-electron chi connectivity index (χ4n) is 1.58. The molecule has 0 radical (unpaired) electrons. The molecule has 0 bridgehead atoms. The zero-order valence-corrected chi connectivity index (χ0v) is 10.7. The van der Waals surface area contributed by atoms with Gasteiger partial charge in [-0.25, -0.2) is 4.98 Å². The molecule has 0 aliphatic carbocycles. The Morgan fingerprint density at radius 2 is 2.39 bits per heavy atom. The Hall–Kier alpha value is -2.05. The van der Waals surface area contributed by atoms with Gasteiger partial charge in [-0.1, -0.05) is 0 Å². The van der Waals surface area contributed by atoms with Crippen LogP contribution < -0.4 is 10.6 Å². The predicted molar refractivity (Wildman–Crippen MR) is 68.4 cm³/mol. The minimum Gasteiger partial charge on any atom is -0.370 e. The number of aryl methyl sites for hydroxylation is 2. The molecule has 3 N–H and O–H groups in total. The molecule has 1 heterocycles. The van der Waals surface area contributed by atoms with E-state index >= 15 is 0 Å². The van der Waals surface area contributed by atoms with Crippen molar-refractivity contribution in [1.29, 1.82) is 0 Å². The van der Waals surface area contributed by atoms with Crippen LogP contribution in [0.1, 0.15) is 24.2 Å². The molecule has 7 nitrogen and oxygen atoms in total. The minimum atomic E-state index is -0.480. The summed E-state index contributed by atoms with van der Waals surface area (Å²) in [4.78, 5) is 17.1. The van der Waals surface area contributed by atoms with E-state index in [1.807, 2.05) is 6.92 Å². The molecule has 0 saturated heterocycles. The number of aromatic nitrogens is 2. The van der Waals surface area contributed by atoms with Crippen LogP contribution in [0.2, 0.25) is 0 Å². The largest absolute Gasteiger partial charge is 0.370 e. The van der Waals surface area contributed by atoms with E-state index in [4.69, 9.17) is 0 Å². The third-order valence-corrected chi connectivity index (χ3v) is 2.59. The number of nitro groups is 1. The van der Waals surface area contributed by atoms with Crippen molar-refractivity contribution in [2.24, 2.45) is 0 Å². The van der Waals surface area contributed by atoms with Crippen molar-refractivity contribution in [1.82, 2.24) is 20.6 Å². The van der Waals surface area contributed by atoms with Crippen molar-refractivity contribution < 1.29 is 4.92 Å². The highest BCUT2D eigenvalue weighted by Crippen LogP contribution is 2.05. The molecule has 7 heteroatoms. The Morgan fingerprint density at radius 1 is 1.61 bits per heavy atom. The van der Waals surface area contributed by atoms with Gasteiger partial charge in [-0.05, 0) is 26.2 Å². The molecule has 0 aliphatic heterocycles. The van der Waals surface area contributed by atoms with E-state index in [1.54, 1.807) is 13.4 Å². The molecule has 18 heavy (non-hydrogen) atoms. The van der Waals surface area contributed by atoms with Gasteiger partial charge in [0.05, 0.1) is 16.9 Å². The normalized spacial score (nSPS) is 11.3. The third kappa shape index (κ3) is 4.86. The molecule has 0 saturated carbocycles. The lowest BCUT2D eigenvalue weighted by atomic mass is 10.1. The third-order valence-electron chi connectivity index (χ3n) is 2.59. The van der Waals surface area contributed by atoms with Crippen LogP contribution >= 0.6 is 0 Å². The van der Waals surface area contributed by atoms with Crippen LogP contribution in [0.25, 0.3) is 0 Å². The summed E-state index contributed by atoms with van der Waals surface area (Å²) in [7, 11) is 1.65. The van der Waals surface area contributed by atoms with Crippen LogP contribution in [-0.2, 0) is 6.42 Å². The summed E-state index contributed by atoms with van der Waals surface area (Å²) in [6, 6.07) is 0. The van der Waals surface area contributed by atoms with Crippen molar-refractivity contribution in [3.8, 4) is 0 Å². The number of imidazole rings is 1. The van der Waals surface area contributed by atoms with Crippen molar-refractivity contribution in [2.45, 2.75) is 26.2 Å². The van der Waals surface area contributed by atoms with E-state index in [0.717, 1.165) is 36.9 Å². The zero-order chi connectivity index (χ0) is 13.4. The van der Waals surface area contributed by atoms with Gasteiger partial charge in [0.25, 0.3) is 6.20 Å². The van der Waals surface area contributed by atoms with Gasteiger partial charge < -0.3 is 15.6 Å². The van der Waals surface area contributed by atoms with E-state index in [9.17, 15) is 10.1 Å². The summed E-state index contributed by atoms with van der Waals surface area (Å²) in [5.41, 5.74) is 2.19. The zero-order valence-electron chi connectivity index (χ0n) is 10.7. The van der Waals surface area contributed by atoms with Gasteiger partial charge >= 0.3 is 0 Å². The lowest BCUT2D eigenvalue weighted by molar-refractivity contribution is -0.404. The summed E-state index contributed by atoms with van der Waals surface area (Å²) in [5.74, 6) is 0.427. The van der Waals surface area contributed by atoms with Crippen molar-refractivity contribution in [3.05, 3.63) is 39.9 Å². The van der Waals surface area contributed by atoms with Crippen LogP contribution in [0.4, 0.5) is 0 Å². The fraction of sp³-hybridized carbons (Fsp3) is 0.545. The molecular formula is C11H19N5O2. The van der Waals surface area contributed by atoms with Crippen molar-refractivity contribution >= 4 is 0 Å². The summed E-state index contributed by atoms with van der Waals surface area (Å²) in [5, 5.41) is 16.0. The number of hydrogen-bond donors (Lipinski definition) is 3. The molecule has 0 atom stereocenters. The Labute approximate surface area is 106 Å². The maximum Gasteiger partial charge on any atom is 0.274 e. The van der Waals surface area contributed by atoms with Gasteiger partial charge in [-0.2, -0.15) is 0 Å². The van der Waals surface area contributed by atoms with Gasteiger partial charge in [0.15, 0.2) is 5.82 Å². The van der Waals surface area contributed by atoms with Gasteiger partial charge in [0.2, 0.25) is 0 Å². The smallest absolute Gasteiger partial charge is 0.274 e. The van der Waals surface area contributed by atoms with E-state index in [0.29, 0.717) is 12.4 Å². The molecule has 0 unspecified atom stereocenters. The number of H-pyrrole nitrogens is 1. The molecule has 100 valence electrons. The van der Waals surface area contributed by atoms with Crippen LogP contribution in [0.5, 0.6) is 0 Å². The molecule has 1 aromatic heterocycles. The fourth-order valence-corrected chi connectivity index (χ4v) is 1.58. The van der Waals surface area contributed by atoms with Crippen molar-refractivity contribution in [2.75, 3.05) is 13.6 Å². The molecule has 1 rings (SSSR count). The maximum atomic E-state index is 10.3. The Bertz CT molecular complexity index is 413. The van der Waals surface area contributed by atoms with Crippen LogP contribution in [0, 0.1) is 17.0 Å². The topological polar surface area (TPSA) is 95.9 Å². The first-order chi connectivity index (χ1) is 8.63. The maximum absolute atomic E-state index is 10.3. The second-order valence-electron chi connectivity index (χ2n) is 3.94. The van der Waals surface area contributed by atoms with E-state index in [1.165, 1.54) is 0 Å². The predicted octanol–water partition coefficient (Wildman–Crippen LogP) is 0.925. The first-order valence-electron chi connectivity index (χ1n) is 5.89. The number of nitrogens with one attached hydrogen (secondary N) is 3. The Morgan fingerprint density at radius 3 is 2.94 bits per heavy atom. The summed E-state index contributed by atoms with van der Waals surface area (Å²) in [6.07, 6.45) is 5.47. The lowest BCUT2D eigenvalue weighted by Crippen LogP contribution is -2.25. The average Bonchev–Trinajstić information content (AvgIpc) is 2.72. The van der Waals surface area contributed by atoms with Gasteiger partial charge in [-0.3, -0.25) is 10.1 Å². The average molecular weight is 253 g/mol. The second kappa shape index (κ2) is 7.31. The standard InChI is InChI=1S/C11H19N5O2/c1-9-10(15-8-14-9)5-3-4-6-13-11(12-2)7-16(17)18/h7-8,12-13H,3-6H2,1-2H3,(H,14,15). The van der Waals surface area contributed by atoms with Crippen LogP contribution in [0.3, 0.4) is 0 Å². The van der Waals surface area contributed by atoms with Crippen molar-refractivity contribution in [3.63, 3.8) is 0 Å². The minimum absolute atomic E-state index is 0.427. The molecule has 0 spiro atoms.